The van der Waals surface area contributed by atoms with Crippen molar-refractivity contribution >= 4 is 76.0 Å². The highest BCUT2D eigenvalue weighted by Crippen LogP contribution is 2.73. The lowest BCUT2D eigenvalue weighted by molar-refractivity contribution is 0.321. The topological polar surface area (TPSA) is 3.24 Å². The summed E-state index contributed by atoms with van der Waals surface area (Å²) in [4.78, 5) is 0. The molecule has 0 radical (unpaired) electrons. The van der Waals surface area contributed by atoms with Crippen LogP contribution in [0.25, 0.3) is 0 Å². The van der Waals surface area contributed by atoms with E-state index in [4.69, 9.17) is 69.8 Å². The Morgan fingerprint density at radius 1 is 1.00 bits per heavy atom. The zero-order valence-corrected chi connectivity index (χ0v) is 14.9. The molecule has 0 unspecified atom stereocenters. The smallest absolute Gasteiger partial charge is 0.232 e. The predicted octanol–water partition coefficient (Wildman–Crippen LogP) is 5.59. The van der Waals surface area contributed by atoms with Gasteiger partial charge in [0.25, 0.3) is 0 Å². The summed E-state index contributed by atoms with van der Waals surface area (Å²) in [6.07, 6.45) is -2.70. The maximum Gasteiger partial charge on any atom is 0.232 e. The summed E-state index contributed by atoms with van der Waals surface area (Å²) in [5.74, 6) is 0. The maximum atomic E-state index is 5.98. The molecule has 0 aliphatic heterocycles. The van der Waals surface area contributed by atoms with Crippen molar-refractivity contribution in [3.05, 3.63) is 0 Å². The highest BCUT2D eigenvalue weighted by molar-refractivity contribution is 8.17. The van der Waals surface area contributed by atoms with Gasteiger partial charge in [-0.3, -0.25) is 4.67 Å². The third-order valence-electron chi connectivity index (χ3n) is 2.03. The van der Waals surface area contributed by atoms with Gasteiger partial charge in [-0.15, -0.1) is 0 Å². The number of nitrogens with zero attached hydrogens (tertiary/aromatic N) is 1. The van der Waals surface area contributed by atoms with E-state index >= 15 is 0 Å². The molecule has 16 heavy (non-hydrogen) atoms. The van der Waals surface area contributed by atoms with Gasteiger partial charge in [-0.25, -0.2) is 0 Å². The van der Waals surface area contributed by atoms with Crippen LogP contribution in [0.1, 0.15) is 27.7 Å². The average molecular weight is 366 g/mol. The van der Waals surface area contributed by atoms with Gasteiger partial charge in [0.05, 0.1) is 6.19 Å². The normalized spacial score (nSPS) is 17.6. The average Bonchev–Trinajstić information content (AvgIpc) is 1.99. The van der Waals surface area contributed by atoms with Crippen LogP contribution in [0.2, 0.25) is 0 Å². The van der Waals surface area contributed by atoms with E-state index in [0.717, 1.165) is 0 Å². The van der Waals surface area contributed by atoms with E-state index in [1.54, 1.807) is 0 Å². The third kappa shape index (κ3) is 3.78. The molecule has 0 aromatic rings. The molecule has 0 saturated carbocycles. The standard InChI is InChI=1S/C8H15Cl5NPS/c1-5(2)14(6(3)4)15(16,7(9)10)8(11,12)13/h5-7H,1-4H3/t15-/m0/s1. The molecule has 0 N–H and O–H groups in total. The number of hydrogen-bond acceptors (Lipinski definition) is 1. The van der Waals surface area contributed by atoms with Gasteiger partial charge in [0.1, 0.15) is 0 Å². The minimum absolute atomic E-state index is 0.112. The summed E-state index contributed by atoms with van der Waals surface area (Å²) in [6.45, 7) is 7.92. The molecule has 0 amide bonds. The lowest BCUT2D eigenvalue weighted by Gasteiger charge is -2.45. The van der Waals surface area contributed by atoms with Crippen molar-refractivity contribution in [2.75, 3.05) is 0 Å². The van der Waals surface area contributed by atoms with Crippen LogP contribution in [0.5, 0.6) is 0 Å². The molecule has 0 aliphatic carbocycles. The molecular formula is C8H15Cl5NPS. The summed E-state index contributed by atoms with van der Waals surface area (Å²) in [7, 11) is 0. The first-order valence-corrected chi connectivity index (χ1v) is 9.52. The first-order valence-electron chi connectivity index (χ1n) is 4.69. The molecule has 0 rings (SSSR count). The van der Waals surface area contributed by atoms with Gasteiger partial charge in [0.15, 0.2) is 4.58 Å². The summed E-state index contributed by atoms with van der Waals surface area (Å²) in [5, 5.41) is 0. The minimum atomic E-state index is -2.70. The van der Waals surface area contributed by atoms with E-state index in [2.05, 4.69) is 0 Å². The molecule has 98 valence electrons. The lowest BCUT2D eigenvalue weighted by Crippen LogP contribution is -2.39. The van der Waals surface area contributed by atoms with Crippen molar-refractivity contribution in [1.82, 2.24) is 4.67 Å². The van der Waals surface area contributed by atoms with E-state index < -0.39 is 14.3 Å². The Labute approximate surface area is 128 Å². The summed E-state index contributed by atoms with van der Waals surface area (Å²) >= 11 is 35.4. The second-order valence-corrected chi connectivity index (χ2v) is 13.3. The van der Waals surface area contributed by atoms with Gasteiger partial charge in [-0.1, -0.05) is 69.8 Å². The van der Waals surface area contributed by atoms with Crippen LogP contribution in [0.3, 0.4) is 0 Å². The molecule has 0 bridgehead atoms. The Balaban J connectivity index is 5.60. The fraction of sp³-hybridized carbons (Fsp3) is 1.00. The van der Waals surface area contributed by atoms with Crippen molar-refractivity contribution in [2.24, 2.45) is 0 Å². The lowest BCUT2D eigenvalue weighted by atomic mass is 10.3. The molecule has 0 fully saturated rings. The van der Waals surface area contributed by atoms with E-state index in [9.17, 15) is 0 Å². The molecule has 8 heteroatoms. The molecule has 0 heterocycles. The summed E-state index contributed by atoms with van der Waals surface area (Å²) in [5.41, 5.74) is 0. The second-order valence-electron chi connectivity index (χ2n) is 3.94. The zero-order valence-electron chi connectivity index (χ0n) is 9.42. The van der Waals surface area contributed by atoms with Crippen LogP contribution in [0.15, 0.2) is 0 Å². The van der Waals surface area contributed by atoms with Gasteiger partial charge in [0, 0.05) is 12.1 Å². The third-order valence-corrected chi connectivity index (χ3v) is 12.5. The molecule has 1 atom stereocenters. The van der Waals surface area contributed by atoms with Gasteiger partial charge < -0.3 is 0 Å². The van der Waals surface area contributed by atoms with Gasteiger partial charge in [0.2, 0.25) is 3.53 Å². The molecule has 1 nitrogen and oxygen atoms in total. The van der Waals surface area contributed by atoms with E-state index in [1.165, 1.54) is 0 Å². The second kappa shape index (κ2) is 6.48. The molecule has 0 aromatic carbocycles. The summed E-state index contributed by atoms with van der Waals surface area (Å²) < 4.78 is -0.565. The van der Waals surface area contributed by atoms with Crippen LogP contribution in [-0.4, -0.2) is 24.9 Å². The highest BCUT2D eigenvalue weighted by Gasteiger charge is 2.50. The predicted molar refractivity (Wildman–Crippen MR) is 82.2 cm³/mol. The Hall–Kier alpha value is 2.06. The van der Waals surface area contributed by atoms with E-state index in [-0.39, 0.29) is 12.1 Å². The quantitative estimate of drug-likeness (QED) is 0.472. The van der Waals surface area contributed by atoms with Crippen LogP contribution in [0, 0.1) is 0 Å². The van der Waals surface area contributed by atoms with Gasteiger partial charge in [-0.05, 0) is 27.7 Å². The monoisotopic (exact) mass is 363 g/mol. The fourth-order valence-corrected chi connectivity index (χ4v) is 8.86. The van der Waals surface area contributed by atoms with Crippen LogP contribution in [0.4, 0.5) is 0 Å². The number of alkyl halides is 5. The Kier molecular flexibility index (Phi) is 7.31. The van der Waals surface area contributed by atoms with E-state index in [0.29, 0.717) is 0 Å². The Bertz CT molecular complexity index is 268. The van der Waals surface area contributed by atoms with Crippen molar-refractivity contribution in [2.45, 2.75) is 47.9 Å². The first kappa shape index (κ1) is 18.1. The Morgan fingerprint density at radius 3 is 1.38 bits per heavy atom. The molecular weight excluding hydrogens is 350 g/mol. The SMILES string of the molecule is CC(C)N(C(C)C)[P@](=S)(C(Cl)Cl)C(Cl)(Cl)Cl. The van der Waals surface area contributed by atoms with E-state index in [1.807, 2.05) is 32.4 Å². The molecule has 0 aliphatic rings. The molecule has 0 aromatic heterocycles. The largest absolute Gasteiger partial charge is 0.265 e. The van der Waals surface area contributed by atoms with Crippen molar-refractivity contribution in [1.29, 1.82) is 0 Å². The van der Waals surface area contributed by atoms with Crippen LogP contribution >= 0.6 is 64.2 Å². The minimum Gasteiger partial charge on any atom is -0.265 e. The fourth-order valence-electron chi connectivity index (χ4n) is 1.62. The van der Waals surface area contributed by atoms with Crippen molar-refractivity contribution in [3.63, 3.8) is 0 Å². The zero-order chi connectivity index (χ0) is 13.3. The molecule has 0 saturated heterocycles. The number of rotatable bonds is 4. The number of halogens is 5. The highest BCUT2D eigenvalue weighted by atomic mass is 35.6. The van der Waals surface area contributed by atoms with Crippen molar-refractivity contribution < 1.29 is 0 Å². The van der Waals surface area contributed by atoms with Gasteiger partial charge >= 0.3 is 0 Å². The number of hydrogen-bond donors (Lipinski definition) is 0. The van der Waals surface area contributed by atoms with Crippen molar-refractivity contribution in [3.8, 4) is 0 Å². The van der Waals surface area contributed by atoms with Crippen LogP contribution in [-0.2, 0) is 11.8 Å². The first-order chi connectivity index (χ1) is 6.96. The maximum absolute atomic E-state index is 5.98. The molecule has 0 spiro atoms. The summed E-state index contributed by atoms with van der Waals surface area (Å²) in [6, 6.07) is 0.225. The Morgan fingerprint density at radius 2 is 1.31 bits per heavy atom. The van der Waals surface area contributed by atoms with Crippen LogP contribution < -0.4 is 0 Å². The van der Waals surface area contributed by atoms with Gasteiger partial charge in [-0.2, -0.15) is 0 Å².